The van der Waals surface area contributed by atoms with Crippen molar-refractivity contribution in [3.8, 4) is 0 Å². The van der Waals surface area contributed by atoms with Crippen molar-refractivity contribution >= 4 is 32.5 Å². The summed E-state index contributed by atoms with van der Waals surface area (Å²) in [7, 11) is 0. The fourth-order valence-electron chi connectivity index (χ4n) is 3.94. The van der Waals surface area contributed by atoms with Crippen molar-refractivity contribution in [2.75, 3.05) is 11.4 Å². The lowest BCUT2D eigenvalue weighted by Gasteiger charge is -2.32. The largest absolute Gasteiger partial charge is 0.353 e. The summed E-state index contributed by atoms with van der Waals surface area (Å²) in [5.41, 5.74) is 0. The van der Waals surface area contributed by atoms with Gasteiger partial charge in [0, 0.05) is 46.4 Å². The van der Waals surface area contributed by atoms with Crippen molar-refractivity contribution in [3.63, 3.8) is 0 Å². The first-order chi connectivity index (χ1) is 9.84. The number of halogens is 1. The van der Waals surface area contributed by atoms with Crippen LogP contribution in [0, 0.1) is 5.92 Å². The molecule has 2 unspecified atom stereocenters. The summed E-state index contributed by atoms with van der Waals surface area (Å²) in [5, 5.41) is 2.39. The zero-order valence-corrected chi connectivity index (χ0v) is 13.0. The molecule has 0 amide bonds. The van der Waals surface area contributed by atoms with Crippen molar-refractivity contribution in [3.05, 3.63) is 29.1 Å². The Labute approximate surface area is 127 Å². The van der Waals surface area contributed by atoms with Gasteiger partial charge >= 0.3 is 0 Å². The van der Waals surface area contributed by atoms with E-state index in [0.29, 0.717) is 6.04 Å². The van der Waals surface area contributed by atoms with E-state index in [2.05, 4.69) is 36.9 Å². The molecule has 1 aliphatic carbocycles. The molecule has 1 aliphatic heterocycles. The van der Waals surface area contributed by atoms with E-state index in [1.54, 1.807) is 0 Å². The molecule has 2 fully saturated rings. The summed E-state index contributed by atoms with van der Waals surface area (Å²) in [6.45, 7) is 1.15. The zero-order valence-electron chi connectivity index (χ0n) is 11.4. The molecule has 1 saturated carbocycles. The van der Waals surface area contributed by atoms with Crippen molar-refractivity contribution in [2.45, 2.75) is 38.1 Å². The quantitative estimate of drug-likeness (QED) is 0.785. The van der Waals surface area contributed by atoms with Gasteiger partial charge in [-0.2, -0.15) is 0 Å². The molecule has 0 bridgehead atoms. The van der Waals surface area contributed by atoms with Crippen LogP contribution in [0.4, 0.5) is 5.82 Å². The highest BCUT2D eigenvalue weighted by Crippen LogP contribution is 2.40. The van der Waals surface area contributed by atoms with Gasteiger partial charge in [0.15, 0.2) is 0 Å². The predicted octanol–water partition coefficient (Wildman–Crippen LogP) is 4.16. The van der Waals surface area contributed by atoms with E-state index in [-0.39, 0.29) is 0 Å². The number of pyridine rings is 2. The molecule has 4 heteroatoms. The van der Waals surface area contributed by atoms with Gasteiger partial charge in [-0.15, -0.1) is 0 Å². The molecule has 20 heavy (non-hydrogen) atoms. The molecule has 2 aliphatic rings. The number of nitrogens with zero attached hydrogens (tertiary/aromatic N) is 3. The maximum atomic E-state index is 4.69. The Balaban J connectivity index is 1.80. The molecular weight excluding hydrogens is 314 g/mol. The van der Waals surface area contributed by atoms with Crippen molar-refractivity contribution in [1.82, 2.24) is 9.97 Å². The predicted molar refractivity (Wildman–Crippen MR) is 84.9 cm³/mol. The third-order valence-corrected chi connectivity index (χ3v) is 5.53. The Kier molecular flexibility index (Phi) is 3.14. The maximum absolute atomic E-state index is 4.69. The van der Waals surface area contributed by atoms with Gasteiger partial charge in [-0.25, -0.2) is 4.98 Å². The third kappa shape index (κ3) is 1.93. The minimum absolute atomic E-state index is 0.695. The van der Waals surface area contributed by atoms with E-state index in [1.807, 2.05) is 18.6 Å². The lowest BCUT2D eigenvalue weighted by molar-refractivity contribution is 0.341. The normalized spacial score (nSPS) is 25.9. The van der Waals surface area contributed by atoms with Crippen LogP contribution in [0.25, 0.3) is 10.8 Å². The molecule has 0 spiro atoms. The summed E-state index contributed by atoms with van der Waals surface area (Å²) in [4.78, 5) is 11.6. The maximum Gasteiger partial charge on any atom is 0.138 e. The molecule has 104 valence electrons. The minimum Gasteiger partial charge on any atom is -0.353 e. The van der Waals surface area contributed by atoms with Gasteiger partial charge in [0.25, 0.3) is 0 Å². The van der Waals surface area contributed by atoms with Crippen molar-refractivity contribution in [1.29, 1.82) is 0 Å². The number of hydrogen-bond acceptors (Lipinski definition) is 3. The Morgan fingerprint density at radius 3 is 2.95 bits per heavy atom. The molecule has 2 aromatic rings. The summed E-state index contributed by atoms with van der Waals surface area (Å²) in [5.74, 6) is 2.01. The highest BCUT2D eigenvalue weighted by atomic mass is 79.9. The van der Waals surface area contributed by atoms with Crippen LogP contribution in [0.5, 0.6) is 0 Å². The average Bonchev–Trinajstić information content (AvgIpc) is 2.91. The Hall–Kier alpha value is -1.16. The van der Waals surface area contributed by atoms with Crippen molar-refractivity contribution < 1.29 is 0 Å². The SMILES string of the molecule is Brc1cncc2c(N3CCC4CCCCC43)nccc12. The first kappa shape index (κ1) is 12.6. The van der Waals surface area contributed by atoms with Crippen LogP contribution in [0.15, 0.2) is 29.1 Å². The highest BCUT2D eigenvalue weighted by molar-refractivity contribution is 9.10. The van der Waals surface area contributed by atoms with E-state index in [4.69, 9.17) is 0 Å². The van der Waals surface area contributed by atoms with Gasteiger partial charge in [-0.3, -0.25) is 4.98 Å². The Morgan fingerprint density at radius 2 is 2.00 bits per heavy atom. The van der Waals surface area contributed by atoms with E-state index in [9.17, 15) is 0 Å². The topological polar surface area (TPSA) is 29.0 Å². The number of aromatic nitrogens is 2. The van der Waals surface area contributed by atoms with Crippen LogP contribution < -0.4 is 4.90 Å². The van der Waals surface area contributed by atoms with Gasteiger partial charge in [0.1, 0.15) is 5.82 Å². The summed E-state index contributed by atoms with van der Waals surface area (Å²) in [6.07, 6.45) is 12.6. The van der Waals surface area contributed by atoms with E-state index < -0.39 is 0 Å². The standard InChI is InChI=1S/C16H18BrN3/c17-14-10-18-9-13-12(14)5-7-19-16(13)20-8-6-11-3-1-2-4-15(11)20/h5,7,9-11,15H,1-4,6,8H2. The summed E-state index contributed by atoms with van der Waals surface area (Å²) < 4.78 is 1.05. The number of hydrogen-bond donors (Lipinski definition) is 0. The molecule has 0 aromatic carbocycles. The minimum atomic E-state index is 0.695. The van der Waals surface area contributed by atoms with Gasteiger partial charge in [-0.05, 0) is 47.2 Å². The van der Waals surface area contributed by atoms with Crippen LogP contribution in [0.3, 0.4) is 0 Å². The first-order valence-corrected chi connectivity index (χ1v) is 8.29. The monoisotopic (exact) mass is 331 g/mol. The first-order valence-electron chi connectivity index (χ1n) is 7.49. The third-order valence-electron chi connectivity index (χ3n) is 4.90. The molecule has 0 N–H and O–H groups in total. The number of fused-ring (bicyclic) bond motifs is 2. The number of rotatable bonds is 1. The lowest BCUT2D eigenvalue weighted by atomic mass is 9.85. The summed E-state index contributed by atoms with van der Waals surface area (Å²) in [6, 6.07) is 2.76. The molecule has 2 atom stereocenters. The molecule has 3 nitrogen and oxygen atoms in total. The average molecular weight is 332 g/mol. The van der Waals surface area contributed by atoms with Gasteiger partial charge < -0.3 is 4.90 Å². The summed E-state index contributed by atoms with van der Waals surface area (Å²) >= 11 is 3.60. The molecule has 3 heterocycles. The van der Waals surface area contributed by atoms with E-state index in [0.717, 1.165) is 22.8 Å². The molecule has 1 saturated heterocycles. The fourth-order valence-corrected chi connectivity index (χ4v) is 4.41. The van der Waals surface area contributed by atoms with Gasteiger partial charge in [-0.1, -0.05) is 12.8 Å². The van der Waals surface area contributed by atoms with Crippen LogP contribution >= 0.6 is 15.9 Å². The van der Waals surface area contributed by atoms with E-state index >= 15 is 0 Å². The second kappa shape index (κ2) is 4.99. The Morgan fingerprint density at radius 1 is 1.10 bits per heavy atom. The van der Waals surface area contributed by atoms with Crippen LogP contribution in [-0.4, -0.2) is 22.6 Å². The molecule has 0 radical (unpaired) electrons. The second-order valence-corrected chi connectivity index (χ2v) is 6.80. The Bertz CT molecular complexity index is 643. The van der Waals surface area contributed by atoms with Crippen LogP contribution in [-0.2, 0) is 0 Å². The lowest BCUT2D eigenvalue weighted by Crippen LogP contribution is -2.35. The highest BCUT2D eigenvalue weighted by Gasteiger charge is 2.36. The van der Waals surface area contributed by atoms with Crippen LogP contribution in [0.1, 0.15) is 32.1 Å². The second-order valence-electron chi connectivity index (χ2n) is 5.94. The van der Waals surface area contributed by atoms with Crippen LogP contribution in [0.2, 0.25) is 0 Å². The fraction of sp³-hybridized carbons (Fsp3) is 0.500. The van der Waals surface area contributed by atoms with Crippen molar-refractivity contribution in [2.24, 2.45) is 5.92 Å². The zero-order chi connectivity index (χ0) is 13.5. The van der Waals surface area contributed by atoms with E-state index in [1.165, 1.54) is 42.9 Å². The molecule has 2 aromatic heterocycles. The number of anilines is 1. The van der Waals surface area contributed by atoms with Gasteiger partial charge in [0.05, 0.1) is 0 Å². The smallest absolute Gasteiger partial charge is 0.138 e. The van der Waals surface area contributed by atoms with Gasteiger partial charge in [0.2, 0.25) is 0 Å². The molecule has 4 rings (SSSR count). The molecular formula is C16H18BrN3.